The molecule has 1 atom stereocenters. The van der Waals surface area contributed by atoms with Crippen LogP contribution >= 0.6 is 0 Å². The van der Waals surface area contributed by atoms with Gasteiger partial charge in [0.05, 0.1) is 13.1 Å². The van der Waals surface area contributed by atoms with Gasteiger partial charge in [-0.15, -0.1) is 15.3 Å². The average Bonchev–Trinajstić information content (AvgIpc) is 3.10. The van der Waals surface area contributed by atoms with Crippen molar-refractivity contribution in [3.05, 3.63) is 18.5 Å². The molecule has 0 unspecified atom stereocenters. The zero-order valence-electron chi connectivity index (χ0n) is 15.9. The number of fused-ring (bicyclic) bond motifs is 1. The number of rotatable bonds is 6. The van der Waals surface area contributed by atoms with Gasteiger partial charge in [0.25, 0.3) is 0 Å². The zero-order valence-corrected chi connectivity index (χ0v) is 15.9. The molecule has 2 aliphatic heterocycles. The lowest BCUT2D eigenvalue weighted by atomic mass is 9.79. The molecule has 146 valence electrons. The Morgan fingerprint density at radius 3 is 3.07 bits per heavy atom. The number of ether oxygens (including phenoxy) is 2. The van der Waals surface area contributed by atoms with Gasteiger partial charge in [-0.05, 0) is 37.3 Å². The third-order valence-corrected chi connectivity index (χ3v) is 5.42. The summed E-state index contributed by atoms with van der Waals surface area (Å²) in [5.74, 6) is 1.50. The first kappa shape index (κ1) is 18.1. The number of hydrogen-bond acceptors (Lipinski definition) is 7. The highest BCUT2D eigenvalue weighted by Crippen LogP contribution is 2.39. The fourth-order valence-electron chi connectivity index (χ4n) is 3.83. The fourth-order valence-corrected chi connectivity index (χ4v) is 3.83. The van der Waals surface area contributed by atoms with Crippen LogP contribution in [-0.2, 0) is 14.3 Å². The van der Waals surface area contributed by atoms with E-state index in [9.17, 15) is 4.79 Å². The van der Waals surface area contributed by atoms with Crippen LogP contribution in [0, 0.1) is 5.92 Å². The van der Waals surface area contributed by atoms with Gasteiger partial charge in [-0.25, -0.2) is 0 Å². The number of carbonyl (C=O) groups excluding carboxylic acids is 1. The predicted molar refractivity (Wildman–Crippen MR) is 98.5 cm³/mol. The Morgan fingerprint density at radius 1 is 1.41 bits per heavy atom. The maximum absolute atomic E-state index is 11.5. The number of amides is 1. The van der Waals surface area contributed by atoms with Gasteiger partial charge in [-0.2, -0.15) is 4.52 Å². The minimum absolute atomic E-state index is 0.00523. The van der Waals surface area contributed by atoms with Gasteiger partial charge in [-0.3, -0.25) is 4.79 Å². The Kier molecular flexibility index (Phi) is 4.96. The van der Waals surface area contributed by atoms with E-state index in [4.69, 9.17) is 9.47 Å². The number of aromatic nitrogens is 4. The molecular weight excluding hydrogens is 348 g/mol. The second-order valence-corrected chi connectivity index (χ2v) is 7.70. The molecule has 2 saturated heterocycles. The van der Waals surface area contributed by atoms with E-state index < -0.39 is 0 Å². The van der Waals surface area contributed by atoms with Gasteiger partial charge in [0.15, 0.2) is 5.65 Å². The monoisotopic (exact) mass is 374 g/mol. The summed E-state index contributed by atoms with van der Waals surface area (Å²) in [7, 11) is 3.48. The molecule has 2 aromatic rings. The number of carbonyl (C=O) groups is 1. The molecule has 0 N–H and O–H groups in total. The molecule has 0 saturated carbocycles. The van der Waals surface area contributed by atoms with Crippen LogP contribution in [0.25, 0.3) is 5.65 Å². The van der Waals surface area contributed by atoms with Gasteiger partial charge in [-0.1, -0.05) is 0 Å². The number of hydrogen-bond donors (Lipinski definition) is 0. The lowest BCUT2D eigenvalue weighted by Crippen LogP contribution is -2.65. The molecule has 27 heavy (non-hydrogen) atoms. The predicted octanol–water partition coefficient (Wildman–Crippen LogP) is 0.605. The molecule has 1 spiro atoms. The van der Waals surface area contributed by atoms with E-state index in [2.05, 4.69) is 20.2 Å². The van der Waals surface area contributed by atoms with E-state index in [1.54, 1.807) is 29.8 Å². The van der Waals surface area contributed by atoms with Crippen LogP contribution in [0.15, 0.2) is 18.5 Å². The highest BCUT2D eigenvalue weighted by molar-refractivity contribution is 5.76. The molecule has 2 fully saturated rings. The number of nitrogens with zero attached hydrogens (tertiary/aromatic N) is 6. The molecular formula is C18H26N6O3. The van der Waals surface area contributed by atoms with Gasteiger partial charge in [0.1, 0.15) is 24.4 Å². The van der Waals surface area contributed by atoms with E-state index in [0.29, 0.717) is 12.5 Å². The average molecular weight is 374 g/mol. The molecule has 0 aromatic carbocycles. The zero-order chi connectivity index (χ0) is 18.9. The Bertz CT molecular complexity index is 801. The molecule has 0 bridgehead atoms. The van der Waals surface area contributed by atoms with E-state index >= 15 is 0 Å². The maximum Gasteiger partial charge on any atom is 0.248 e. The quantitative estimate of drug-likeness (QED) is 0.685. The van der Waals surface area contributed by atoms with Crippen molar-refractivity contribution in [3.8, 4) is 0 Å². The molecule has 2 aromatic heterocycles. The molecule has 0 aliphatic carbocycles. The Labute approximate surface area is 158 Å². The van der Waals surface area contributed by atoms with Crippen molar-refractivity contribution < 1.29 is 14.3 Å². The minimum Gasteiger partial charge on any atom is -0.372 e. The highest BCUT2D eigenvalue weighted by Gasteiger charge is 2.48. The number of likely N-dealkylation sites (N-methyl/N-ethyl adjacent to an activating group) is 1. The lowest BCUT2D eigenvalue weighted by Gasteiger charge is -2.53. The summed E-state index contributed by atoms with van der Waals surface area (Å²) < 4.78 is 13.4. The van der Waals surface area contributed by atoms with Gasteiger partial charge in [0, 0.05) is 27.3 Å². The Hall–Kier alpha value is -2.26. The first-order valence-corrected chi connectivity index (χ1v) is 9.39. The summed E-state index contributed by atoms with van der Waals surface area (Å²) >= 11 is 0. The summed E-state index contributed by atoms with van der Waals surface area (Å²) in [6.45, 7) is 3.27. The first-order valence-electron chi connectivity index (χ1n) is 9.39. The van der Waals surface area contributed by atoms with E-state index in [-0.39, 0.29) is 18.1 Å². The van der Waals surface area contributed by atoms with Crippen molar-refractivity contribution >= 4 is 17.4 Å². The van der Waals surface area contributed by atoms with Crippen LogP contribution in [-0.4, -0.2) is 83.2 Å². The minimum atomic E-state index is -0.0772. The van der Waals surface area contributed by atoms with Crippen LogP contribution in [0.1, 0.15) is 19.3 Å². The first-order chi connectivity index (χ1) is 13.0. The molecule has 9 heteroatoms. The number of anilines is 1. The van der Waals surface area contributed by atoms with Crippen molar-refractivity contribution in [1.29, 1.82) is 0 Å². The van der Waals surface area contributed by atoms with Gasteiger partial charge < -0.3 is 19.3 Å². The topological polar surface area (TPSA) is 85.1 Å². The van der Waals surface area contributed by atoms with Crippen LogP contribution in [0.3, 0.4) is 0 Å². The van der Waals surface area contributed by atoms with E-state index in [1.165, 1.54) is 0 Å². The van der Waals surface area contributed by atoms with Crippen LogP contribution in [0.4, 0.5) is 5.82 Å². The molecule has 1 amide bonds. The molecule has 4 heterocycles. The van der Waals surface area contributed by atoms with Crippen molar-refractivity contribution in [3.63, 3.8) is 0 Å². The Morgan fingerprint density at radius 2 is 2.26 bits per heavy atom. The molecule has 2 aliphatic rings. The molecule has 0 radical (unpaired) electrons. The third-order valence-electron chi connectivity index (χ3n) is 5.42. The SMILES string of the molecule is CN(C)C(=O)COCC[C@H]1CCOC2(C1)CN(c1ccc3nncn3n1)C2. The summed E-state index contributed by atoms with van der Waals surface area (Å²) in [5.41, 5.74) is 0.669. The summed E-state index contributed by atoms with van der Waals surface area (Å²) in [5, 5.41) is 12.4. The Balaban J connectivity index is 1.26. The van der Waals surface area contributed by atoms with E-state index in [1.807, 2.05) is 12.1 Å². The van der Waals surface area contributed by atoms with Gasteiger partial charge in [0.2, 0.25) is 5.91 Å². The smallest absolute Gasteiger partial charge is 0.248 e. The van der Waals surface area contributed by atoms with Crippen LogP contribution < -0.4 is 4.90 Å². The lowest BCUT2D eigenvalue weighted by molar-refractivity contribution is -0.134. The van der Waals surface area contributed by atoms with Gasteiger partial charge >= 0.3 is 0 Å². The van der Waals surface area contributed by atoms with Crippen molar-refractivity contribution in [2.45, 2.75) is 24.9 Å². The maximum atomic E-state index is 11.5. The van der Waals surface area contributed by atoms with E-state index in [0.717, 1.165) is 50.4 Å². The normalized spacial score (nSPS) is 21.4. The highest BCUT2D eigenvalue weighted by atomic mass is 16.5. The second kappa shape index (κ2) is 7.40. The van der Waals surface area contributed by atoms with Crippen molar-refractivity contribution in [1.82, 2.24) is 24.7 Å². The largest absolute Gasteiger partial charge is 0.372 e. The van der Waals surface area contributed by atoms with Crippen LogP contribution in [0.2, 0.25) is 0 Å². The van der Waals surface area contributed by atoms with Crippen molar-refractivity contribution in [2.75, 3.05) is 51.9 Å². The third kappa shape index (κ3) is 3.89. The fraction of sp³-hybridized carbons (Fsp3) is 0.667. The van der Waals surface area contributed by atoms with Crippen molar-refractivity contribution in [2.24, 2.45) is 5.92 Å². The standard InChI is InChI=1S/C18H26N6O3/c1-22(2)17(25)10-26-7-5-14-6-8-27-18(9-14)11-23(12-18)16-4-3-15-20-19-13-24(15)21-16/h3-4,13-14H,5-12H2,1-2H3/t14-/m0/s1. The summed E-state index contributed by atoms with van der Waals surface area (Å²) in [6, 6.07) is 3.91. The van der Waals surface area contributed by atoms with Crippen LogP contribution in [0.5, 0.6) is 0 Å². The summed E-state index contributed by atoms with van der Waals surface area (Å²) in [6.07, 6.45) is 4.67. The molecule has 9 nitrogen and oxygen atoms in total. The second-order valence-electron chi connectivity index (χ2n) is 7.70. The molecule has 4 rings (SSSR count). The summed E-state index contributed by atoms with van der Waals surface area (Å²) in [4.78, 5) is 15.3.